The van der Waals surface area contributed by atoms with Gasteiger partial charge in [0.25, 0.3) is 0 Å². The number of hydrogen-bond donors (Lipinski definition) is 1. The molecule has 4 heteroatoms. The summed E-state index contributed by atoms with van der Waals surface area (Å²) in [6, 6.07) is 8.37. The number of nitrogens with one attached hydrogen (secondary N) is 1. The lowest BCUT2D eigenvalue weighted by atomic mass is 10.2. The minimum atomic E-state index is 0.767. The molecule has 1 heterocycles. The van der Waals surface area contributed by atoms with Crippen molar-refractivity contribution in [1.29, 1.82) is 0 Å². The fraction of sp³-hybridized carbons (Fsp3) is 0.375. The SMILES string of the molecule is CCCOc1ccc(Br)cc1CNCCc1ccsc1. The lowest BCUT2D eigenvalue weighted by Gasteiger charge is -2.12. The Morgan fingerprint density at radius 1 is 1.30 bits per heavy atom. The Balaban J connectivity index is 1.85. The molecule has 0 radical (unpaired) electrons. The van der Waals surface area contributed by atoms with E-state index >= 15 is 0 Å². The molecule has 0 fully saturated rings. The van der Waals surface area contributed by atoms with Crippen LogP contribution in [0.3, 0.4) is 0 Å². The standard InChI is InChI=1S/C16H20BrNOS/c1-2-8-19-16-4-3-15(17)10-14(16)11-18-7-5-13-6-9-20-12-13/h3-4,6,9-10,12,18H,2,5,7-8,11H2,1H3. The van der Waals surface area contributed by atoms with Crippen LogP contribution in [0.4, 0.5) is 0 Å². The van der Waals surface area contributed by atoms with Crippen molar-refractivity contribution >= 4 is 27.3 Å². The molecule has 0 bridgehead atoms. The lowest BCUT2D eigenvalue weighted by molar-refractivity contribution is 0.313. The van der Waals surface area contributed by atoms with E-state index in [4.69, 9.17) is 4.74 Å². The second-order valence-corrected chi connectivity index (χ2v) is 6.35. The summed E-state index contributed by atoms with van der Waals surface area (Å²) in [5.41, 5.74) is 2.61. The number of hydrogen-bond acceptors (Lipinski definition) is 3. The maximum absolute atomic E-state index is 5.79. The molecule has 108 valence electrons. The molecule has 0 saturated carbocycles. The van der Waals surface area contributed by atoms with Crippen molar-refractivity contribution < 1.29 is 4.74 Å². The van der Waals surface area contributed by atoms with Gasteiger partial charge < -0.3 is 10.1 Å². The monoisotopic (exact) mass is 353 g/mol. The fourth-order valence-corrected chi connectivity index (χ4v) is 3.04. The molecular formula is C16H20BrNOS. The second-order valence-electron chi connectivity index (χ2n) is 4.66. The Bertz CT molecular complexity index is 513. The molecular weight excluding hydrogens is 334 g/mol. The molecule has 1 aromatic carbocycles. The summed E-state index contributed by atoms with van der Waals surface area (Å²) >= 11 is 5.28. The van der Waals surface area contributed by atoms with Crippen molar-refractivity contribution in [3.8, 4) is 5.75 Å². The highest BCUT2D eigenvalue weighted by molar-refractivity contribution is 9.10. The van der Waals surface area contributed by atoms with Gasteiger partial charge in [-0.1, -0.05) is 22.9 Å². The summed E-state index contributed by atoms with van der Waals surface area (Å²) in [6.07, 6.45) is 2.10. The first-order chi connectivity index (χ1) is 9.79. The van der Waals surface area contributed by atoms with Crippen LogP contribution in [0.15, 0.2) is 39.5 Å². The van der Waals surface area contributed by atoms with Gasteiger partial charge in [0, 0.05) is 16.6 Å². The van der Waals surface area contributed by atoms with E-state index in [9.17, 15) is 0 Å². The van der Waals surface area contributed by atoms with Gasteiger partial charge in [0.2, 0.25) is 0 Å². The number of thiophene rings is 1. The van der Waals surface area contributed by atoms with Gasteiger partial charge in [0.1, 0.15) is 5.75 Å². The Kier molecular flexibility index (Phi) is 6.57. The summed E-state index contributed by atoms with van der Waals surface area (Å²) < 4.78 is 6.88. The number of rotatable bonds is 8. The first-order valence-corrected chi connectivity index (χ1v) is 8.66. The Hall–Kier alpha value is -0.840. The zero-order valence-corrected chi connectivity index (χ0v) is 14.1. The van der Waals surface area contributed by atoms with E-state index in [1.54, 1.807) is 11.3 Å². The van der Waals surface area contributed by atoms with Gasteiger partial charge in [0.15, 0.2) is 0 Å². The maximum Gasteiger partial charge on any atom is 0.123 e. The van der Waals surface area contributed by atoms with Crippen molar-refractivity contribution in [3.63, 3.8) is 0 Å². The average Bonchev–Trinajstić information content (AvgIpc) is 2.96. The molecule has 0 aliphatic rings. The molecule has 0 atom stereocenters. The minimum Gasteiger partial charge on any atom is -0.493 e. The van der Waals surface area contributed by atoms with Crippen molar-refractivity contribution in [1.82, 2.24) is 5.32 Å². The summed E-state index contributed by atoms with van der Waals surface area (Å²) in [7, 11) is 0. The van der Waals surface area contributed by atoms with Crippen LogP contribution in [0.1, 0.15) is 24.5 Å². The average molecular weight is 354 g/mol. The third kappa shape index (κ3) is 4.93. The highest BCUT2D eigenvalue weighted by atomic mass is 79.9. The predicted octanol–water partition coefficient (Wildman–Crippen LogP) is 4.63. The third-order valence-electron chi connectivity index (χ3n) is 2.97. The molecule has 2 nitrogen and oxygen atoms in total. The summed E-state index contributed by atoms with van der Waals surface area (Å²) in [6.45, 7) is 4.71. The normalized spacial score (nSPS) is 10.7. The second kappa shape index (κ2) is 8.45. The third-order valence-corrected chi connectivity index (χ3v) is 4.20. The van der Waals surface area contributed by atoms with E-state index < -0.39 is 0 Å². The van der Waals surface area contributed by atoms with Crippen LogP contribution in [-0.2, 0) is 13.0 Å². The summed E-state index contributed by atoms with van der Waals surface area (Å²) in [4.78, 5) is 0. The Morgan fingerprint density at radius 3 is 2.95 bits per heavy atom. The molecule has 1 N–H and O–H groups in total. The zero-order chi connectivity index (χ0) is 14.2. The van der Waals surface area contributed by atoms with Crippen molar-refractivity contribution in [2.75, 3.05) is 13.2 Å². The van der Waals surface area contributed by atoms with E-state index in [0.29, 0.717) is 0 Å². The van der Waals surface area contributed by atoms with Gasteiger partial charge in [-0.05, 0) is 60.0 Å². The van der Waals surface area contributed by atoms with Crippen molar-refractivity contribution in [3.05, 3.63) is 50.6 Å². The van der Waals surface area contributed by atoms with E-state index in [2.05, 4.69) is 51.1 Å². The van der Waals surface area contributed by atoms with E-state index in [1.165, 1.54) is 11.1 Å². The highest BCUT2D eigenvalue weighted by Gasteiger charge is 2.04. The zero-order valence-electron chi connectivity index (χ0n) is 11.7. The Labute approximate surface area is 133 Å². The number of ether oxygens (including phenoxy) is 1. The van der Waals surface area contributed by atoms with Crippen LogP contribution < -0.4 is 10.1 Å². The lowest BCUT2D eigenvalue weighted by Crippen LogP contribution is -2.17. The van der Waals surface area contributed by atoms with Crippen LogP contribution in [0, 0.1) is 0 Å². The maximum atomic E-state index is 5.79. The van der Waals surface area contributed by atoms with Gasteiger partial charge in [-0.25, -0.2) is 0 Å². The van der Waals surface area contributed by atoms with Gasteiger partial charge in [-0.2, -0.15) is 11.3 Å². The molecule has 0 aliphatic carbocycles. The summed E-state index contributed by atoms with van der Waals surface area (Å²) in [5, 5.41) is 7.82. The molecule has 2 rings (SSSR count). The molecule has 0 saturated heterocycles. The molecule has 1 aromatic heterocycles. The number of halogens is 1. The van der Waals surface area contributed by atoms with Crippen LogP contribution in [0.25, 0.3) is 0 Å². The highest BCUT2D eigenvalue weighted by Crippen LogP contribution is 2.23. The topological polar surface area (TPSA) is 21.3 Å². The molecule has 0 aliphatic heterocycles. The van der Waals surface area contributed by atoms with Crippen LogP contribution >= 0.6 is 27.3 Å². The molecule has 0 unspecified atom stereocenters. The van der Waals surface area contributed by atoms with Gasteiger partial charge in [-0.3, -0.25) is 0 Å². The smallest absolute Gasteiger partial charge is 0.123 e. The van der Waals surface area contributed by atoms with Gasteiger partial charge in [-0.15, -0.1) is 0 Å². The Morgan fingerprint density at radius 2 is 2.20 bits per heavy atom. The molecule has 0 spiro atoms. The largest absolute Gasteiger partial charge is 0.493 e. The summed E-state index contributed by atoms with van der Waals surface area (Å²) in [5.74, 6) is 0.984. The van der Waals surface area contributed by atoms with Crippen molar-refractivity contribution in [2.45, 2.75) is 26.3 Å². The van der Waals surface area contributed by atoms with Crippen molar-refractivity contribution in [2.24, 2.45) is 0 Å². The van der Waals surface area contributed by atoms with E-state index in [1.807, 2.05) is 12.1 Å². The van der Waals surface area contributed by atoms with Gasteiger partial charge in [0.05, 0.1) is 6.61 Å². The first-order valence-electron chi connectivity index (χ1n) is 6.92. The quantitative estimate of drug-likeness (QED) is 0.698. The predicted molar refractivity (Wildman–Crippen MR) is 89.7 cm³/mol. The van der Waals surface area contributed by atoms with Crippen LogP contribution in [0.2, 0.25) is 0 Å². The molecule has 20 heavy (non-hydrogen) atoms. The van der Waals surface area contributed by atoms with E-state index in [-0.39, 0.29) is 0 Å². The molecule has 2 aromatic rings. The fourth-order valence-electron chi connectivity index (χ4n) is 1.93. The van der Waals surface area contributed by atoms with E-state index in [0.717, 1.165) is 42.8 Å². The first kappa shape index (κ1) is 15.5. The van der Waals surface area contributed by atoms with Gasteiger partial charge >= 0.3 is 0 Å². The minimum absolute atomic E-state index is 0.767. The van der Waals surface area contributed by atoms with Crippen LogP contribution in [0.5, 0.6) is 5.75 Å². The van der Waals surface area contributed by atoms with Crippen LogP contribution in [-0.4, -0.2) is 13.2 Å². The molecule has 0 amide bonds. The number of benzene rings is 1.